The van der Waals surface area contributed by atoms with E-state index < -0.39 is 19.2 Å². The second kappa shape index (κ2) is 10.3. The summed E-state index contributed by atoms with van der Waals surface area (Å²) in [6, 6.07) is 12.2. The Hall–Kier alpha value is -3.72. The highest BCUT2D eigenvalue weighted by atomic mass is 35.5. The summed E-state index contributed by atoms with van der Waals surface area (Å²) in [5.74, 6) is -1.45. The molecule has 2 aromatic heterocycles. The number of ether oxygens (including phenoxy) is 2. The van der Waals surface area contributed by atoms with Gasteiger partial charge in [-0.1, -0.05) is 37.6 Å². The first kappa shape index (κ1) is 24.4. The first-order valence-corrected chi connectivity index (χ1v) is 11.2. The van der Waals surface area contributed by atoms with Crippen LogP contribution in [-0.4, -0.2) is 39.1 Å². The molecule has 182 valence electrons. The maximum atomic E-state index is 13.6. The summed E-state index contributed by atoms with van der Waals surface area (Å²) in [6.45, 7) is -0.0129. The van der Waals surface area contributed by atoms with Crippen LogP contribution in [0.5, 0.6) is 11.5 Å². The molecule has 0 aliphatic heterocycles. The molecule has 0 radical (unpaired) electrons. The van der Waals surface area contributed by atoms with Gasteiger partial charge in [-0.2, -0.15) is 13.9 Å². The van der Waals surface area contributed by atoms with Gasteiger partial charge in [0.05, 0.1) is 27.3 Å². The molecule has 0 saturated heterocycles. The van der Waals surface area contributed by atoms with Crippen molar-refractivity contribution in [1.82, 2.24) is 14.8 Å². The lowest BCUT2D eigenvalue weighted by molar-refractivity contribution is -0.139. The highest BCUT2D eigenvalue weighted by Gasteiger charge is 2.25. The molecule has 0 spiro atoms. The van der Waals surface area contributed by atoms with Crippen LogP contribution in [-0.2, 0) is 11.2 Å². The van der Waals surface area contributed by atoms with Crippen LogP contribution >= 0.6 is 11.6 Å². The van der Waals surface area contributed by atoms with Gasteiger partial charge in [0.25, 0.3) is 0 Å². The molecule has 35 heavy (non-hydrogen) atoms. The van der Waals surface area contributed by atoms with Crippen molar-refractivity contribution in [3.8, 4) is 17.2 Å². The van der Waals surface area contributed by atoms with Crippen molar-refractivity contribution in [3.05, 3.63) is 76.7 Å². The maximum Gasteiger partial charge on any atom is 0.387 e. The molecule has 2 heterocycles. The molecule has 7 nitrogen and oxygen atoms in total. The fourth-order valence-electron chi connectivity index (χ4n) is 3.85. The zero-order valence-electron chi connectivity index (χ0n) is 18.9. The Labute approximate surface area is 204 Å². The number of carboxylic acids is 1. The minimum absolute atomic E-state index is 0.0422. The van der Waals surface area contributed by atoms with Crippen molar-refractivity contribution < 1.29 is 28.2 Å². The molecule has 0 aliphatic rings. The molecular formula is C25H22ClF2N3O4. The van der Waals surface area contributed by atoms with E-state index in [0.29, 0.717) is 11.3 Å². The van der Waals surface area contributed by atoms with E-state index in [-0.39, 0.29) is 39.8 Å². The summed E-state index contributed by atoms with van der Waals surface area (Å²) in [7, 11) is 0. The summed E-state index contributed by atoms with van der Waals surface area (Å²) in [5, 5.41) is 13.6. The average Bonchev–Trinajstić information content (AvgIpc) is 3.35. The van der Waals surface area contributed by atoms with Gasteiger partial charge in [0.2, 0.25) is 0 Å². The van der Waals surface area contributed by atoms with Gasteiger partial charge >= 0.3 is 12.6 Å². The molecule has 10 heteroatoms. The number of carbonyl (C=O) groups is 1. The van der Waals surface area contributed by atoms with Crippen molar-refractivity contribution in [1.29, 1.82) is 0 Å². The highest BCUT2D eigenvalue weighted by Crippen LogP contribution is 2.43. The van der Waals surface area contributed by atoms with E-state index in [1.165, 1.54) is 12.1 Å². The van der Waals surface area contributed by atoms with E-state index in [1.807, 2.05) is 50.4 Å². The second-order valence-electron chi connectivity index (χ2n) is 8.08. The summed E-state index contributed by atoms with van der Waals surface area (Å²) < 4.78 is 39.4. The van der Waals surface area contributed by atoms with Crippen LogP contribution in [0.3, 0.4) is 0 Å². The van der Waals surface area contributed by atoms with Crippen LogP contribution < -0.4 is 9.47 Å². The molecule has 4 rings (SSSR count). The summed E-state index contributed by atoms with van der Waals surface area (Å²) >= 11 is 6.37. The quantitative estimate of drug-likeness (QED) is 0.309. The number of alkyl halides is 2. The molecule has 0 atom stereocenters. The van der Waals surface area contributed by atoms with Gasteiger partial charge in [-0.3, -0.25) is 4.98 Å². The van der Waals surface area contributed by atoms with Crippen LogP contribution in [0.1, 0.15) is 36.6 Å². The molecular weight excluding hydrogens is 480 g/mol. The fourth-order valence-corrected chi connectivity index (χ4v) is 4.05. The van der Waals surface area contributed by atoms with Crippen LogP contribution in [0.25, 0.3) is 16.6 Å². The largest absolute Gasteiger partial charge is 0.481 e. The molecule has 0 aliphatic carbocycles. The van der Waals surface area contributed by atoms with Gasteiger partial charge in [0, 0.05) is 24.4 Å². The van der Waals surface area contributed by atoms with E-state index in [0.717, 1.165) is 11.3 Å². The molecule has 0 unspecified atom stereocenters. The van der Waals surface area contributed by atoms with Crippen LogP contribution in [0.4, 0.5) is 8.78 Å². The van der Waals surface area contributed by atoms with Crippen molar-refractivity contribution in [2.45, 2.75) is 32.8 Å². The SMILES string of the molecule is CC(C)c1nc2c(Cl)ccc(OCC(=O)O)c2c(OC(F)F)c1Cc1ccc(-n2cccn2)cc1. The number of hydrogen-bond donors (Lipinski definition) is 1. The number of halogens is 3. The smallest absolute Gasteiger partial charge is 0.387 e. The maximum absolute atomic E-state index is 13.6. The number of rotatable bonds is 9. The number of nitrogens with zero attached hydrogens (tertiary/aromatic N) is 3. The van der Waals surface area contributed by atoms with Crippen molar-refractivity contribution >= 4 is 28.5 Å². The van der Waals surface area contributed by atoms with Gasteiger partial charge in [-0.15, -0.1) is 0 Å². The predicted molar refractivity (Wildman–Crippen MR) is 127 cm³/mol. The Morgan fingerprint density at radius 1 is 1.17 bits per heavy atom. The number of aromatic nitrogens is 3. The van der Waals surface area contributed by atoms with Gasteiger partial charge in [0.1, 0.15) is 11.5 Å². The van der Waals surface area contributed by atoms with Gasteiger partial charge in [-0.25, -0.2) is 9.48 Å². The first-order chi connectivity index (χ1) is 16.7. The third-order valence-corrected chi connectivity index (χ3v) is 5.63. The summed E-state index contributed by atoms with van der Waals surface area (Å²) in [5.41, 5.74) is 2.87. The second-order valence-corrected chi connectivity index (χ2v) is 8.49. The van der Waals surface area contributed by atoms with Gasteiger partial charge in [-0.05, 0) is 41.8 Å². The zero-order chi connectivity index (χ0) is 25.1. The Bertz CT molecular complexity index is 1340. The lowest BCUT2D eigenvalue weighted by atomic mass is 9.94. The Morgan fingerprint density at radius 3 is 2.51 bits per heavy atom. The van der Waals surface area contributed by atoms with Gasteiger partial charge < -0.3 is 14.6 Å². The highest BCUT2D eigenvalue weighted by molar-refractivity contribution is 6.35. The number of fused-ring (bicyclic) bond motifs is 1. The Balaban J connectivity index is 1.89. The zero-order valence-corrected chi connectivity index (χ0v) is 19.7. The molecule has 4 aromatic rings. The first-order valence-electron chi connectivity index (χ1n) is 10.8. The lowest BCUT2D eigenvalue weighted by Crippen LogP contribution is -2.13. The van der Waals surface area contributed by atoms with E-state index in [1.54, 1.807) is 10.9 Å². The van der Waals surface area contributed by atoms with E-state index in [9.17, 15) is 13.6 Å². The Kier molecular flexibility index (Phi) is 7.16. The lowest BCUT2D eigenvalue weighted by Gasteiger charge is -2.21. The molecule has 0 fully saturated rings. The minimum atomic E-state index is -3.13. The molecule has 2 aromatic carbocycles. The number of hydrogen-bond acceptors (Lipinski definition) is 5. The number of pyridine rings is 1. The Morgan fingerprint density at radius 2 is 1.91 bits per heavy atom. The summed E-state index contributed by atoms with van der Waals surface area (Å²) in [6.07, 6.45) is 3.73. The van der Waals surface area contributed by atoms with E-state index >= 15 is 0 Å². The topological polar surface area (TPSA) is 86.5 Å². The molecule has 0 saturated carbocycles. The van der Waals surface area contributed by atoms with Crippen LogP contribution in [0.2, 0.25) is 5.02 Å². The van der Waals surface area contributed by atoms with Crippen LogP contribution in [0, 0.1) is 0 Å². The van der Waals surface area contributed by atoms with E-state index in [2.05, 4.69) is 10.1 Å². The number of aliphatic carboxylic acids is 1. The fraction of sp³-hybridized carbons (Fsp3) is 0.240. The average molecular weight is 502 g/mol. The molecule has 1 N–H and O–H groups in total. The monoisotopic (exact) mass is 501 g/mol. The predicted octanol–water partition coefficient (Wildman–Crippen LogP) is 5.85. The standard InChI is InChI=1S/C25H22ClF2N3O4/c1-14(2)22-17(12-15-4-6-16(7-5-15)31-11-3-10-29-31)24(35-25(27)28)21-19(34-13-20(32)33)9-8-18(26)23(21)30-22/h3-11,14,25H,12-13H2,1-2H3,(H,32,33). The number of benzene rings is 2. The van der Waals surface area contributed by atoms with Gasteiger partial charge in [0.15, 0.2) is 6.61 Å². The molecule has 0 bridgehead atoms. The van der Waals surface area contributed by atoms with Crippen molar-refractivity contribution in [2.24, 2.45) is 0 Å². The van der Waals surface area contributed by atoms with Crippen molar-refractivity contribution in [3.63, 3.8) is 0 Å². The third kappa shape index (κ3) is 5.35. The minimum Gasteiger partial charge on any atom is -0.481 e. The normalized spacial score (nSPS) is 11.4. The number of carboxylic acid groups (broad SMARTS) is 1. The van der Waals surface area contributed by atoms with Crippen molar-refractivity contribution in [2.75, 3.05) is 6.61 Å². The van der Waals surface area contributed by atoms with Crippen LogP contribution in [0.15, 0.2) is 54.9 Å². The van der Waals surface area contributed by atoms with E-state index in [4.69, 9.17) is 26.2 Å². The summed E-state index contributed by atoms with van der Waals surface area (Å²) in [4.78, 5) is 15.8. The third-order valence-electron chi connectivity index (χ3n) is 5.32. The molecule has 0 amide bonds.